The lowest BCUT2D eigenvalue weighted by atomic mass is 10.2. The van der Waals surface area contributed by atoms with Crippen molar-refractivity contribution in [3.8, 4) is 0 Å². The van der Waals surface area contributed by atoms with Crippen LogP contribution in [0.2, 0.25) is 0 Å². The Morgan fingerprint density at radius 3 is 2.43 bits per heavy atom. The maximum absolute atomic E-state index is 11.5. The molecule has 0 saturated heterocycles. The van der Waals surface area contributed by atoms with Gasteiger partial charge in [0.05, 0.1) is 0 Å². The highest BCUT2D eigenvalue weighted by molar-refractivity contribution is 5.94. The third-order valence-corrected chi connectivity index (χ3v) is 1.97. The van der Waals surface area contributed by atoms with Gasteiger partial charge in [0.15, 0.2) is 0 Å². The van der Waals surface area contributed by atoms with Crippen molar-refractivity contribution in [1.29, 1.82) is 0 Å². The van der Waals surface area contributed by atoms with E-state index in [0.717, 1.165) is 18.7 Å². The van der Waals surface area contributed by atoms with Crippen LogP contribution in [-0.4, -0.2) is 19.5 Å². The monoisotopic (exact) mass is 192 g/mol. The Morgan fingerprint density at radius 2 is 1.93 bits per heavy atom. The fourth-order valence-corrected chi connectivity index (χ4v) is 1.13. The van der Waals surface area contributed by atoms with E-state index >= 15 is 0 Å². The number of hydrogen-bond donors (Lipinski definition) is 2. The zero-order valence-electron chi connectivity index (χ0n) is 8.63. The predicted molar refractivity (Wildman–Crippen MR) is 58.6 cm³/mol. The highest BCUT2D eigenvalue weighted by Crippen LogP contribution is 2.08. The van der Waals surface area contributed by atoms with Crippen LogP contribution >= 0.6 is 0 Å². The van der Waals surface area contributed by atoms with E-state index in [1.54, 1.807) is 0 Å². The van der Waals surface area contributed by atoms with Gasteiger partial charge < -0.3 is 10.6 Å². The number of nitrogens with one attached hydrogen (secondary N) is 2. The summed E-state index contributed by atoms with van der Waals surface area (Å²) >= 11 is 0. The van der Waals surface area contributed by atoms with Gasteiger partial charge in [-0.2, -0.15) is 0 Å². The molecule has 0 unspecified atom stereocenters. The van der Waals surface area contributed by atoms with E-state index in [1.165, 1.54) is 0 Å². The smallest absolute Gasteiger partial charge is 0.251 e. The summed E-state index contributed by atoms with van der Waals surface area (Å²) in [5.74, 6) is -0.00509. The summed E-state index contributed by atoms with van der Waals surface area (Å²) < 4.78 is 0. The van der Waals surface area contributed by atoms with Crippen LogP contribution in [0.1, 0.15) is 23.7 Å². The lowest BCUT2D eigenvalue weighted by Crippen LogP contribution is -2.23. The highest BCUT2D eigenvalue weighted by atomic mass is 16.1. The van der Waals surface area contributed by atoms with Crippen LogP contribution in [0.3, 0.4) is 0 Å². The molecular weight excluding hydrogens is 176 g/mol. The number of anilines is 1. The van der Waals surface area contributed by atoms with Gasteiger partial charge in [-0.1, -0.05) is 6.92 Å². The Bertz CT molecular complexity index is 293. The molecule has 76 valence electrons. The molecule has 0 fully saturated rings. The van der Waals surface area contributed by atoms with Crippen LogP contribution in [-0.2, 0) is 0 Å². The number of carbonyl (C=O) groups is 1. The summed E-state index contributed by atoms with van der Waals surface area (Å²) in [6.07, 6.45) is 0.959. The molecule has 1 aromatic carbocycles. The van der Waals surface area contributed by atoms with Crippen molar-refractivity contribution in [1.82, 2.24) is 5.32 Å². The van der Waals surface area contributed by atoms with Crippen LogP contribution in [0.5, 0.6) is 0 Å². The summed E-state index contributed by atoms with van der Waals surface area (Å²) in [7, 11) is 1.85. The first-order valence-corrected chi connectivity index (χ1v) is 4.84. The molecule has 14 heavy (non-hydrogen) atoms. The van der Waals surface area contributed by atoms with E-state index in [4.69, 9.17) is 0 Å². The third-order valence-electron chi connectivity index (χ3n) is 1.97. The summed E-state index contributed by atoms with van der Waals surface area (Å²) in [4.78, 5) is 11.5. The zero-order chi connectivity index (χ0) is 10.4. The van der Waals surface area contributed by atoms with Crippen molar-refractivity contribution in [3.05, 3.63) is 29.8 Å². The van der Waals surface area contributed by atoms with E-state index in [-0.39, 0.29) is 5.91 Å². The fourth-order valence-electron chi connectivity index (χ4n) is 1.13. The molecule has 3 heteroatoms. The second kappa shape index (κ2) is 5.27. The van der Waals surface area contributed by atoms with Gasteiger partial charge in [0.2, 0.25) is 0 Å². The van der Waals surface area contributed by atoms with E-state index in [0.29, 0.717) is 5.56 Å². The molecule has 1 amide bonds. The van der Waals surface area contributed by atoms with Crippen LogP contribution < -0.4 is 10.6 Å². The predicted octanol–water partition coefficient (Wildman–Crippen LogP) is 1.87. The van der Waals surface area contributed by atoms with Gasteiger partial charge in [-0.05, 0) is 30.7 Å². The van der Waals surface area contributed by atoms with Gasteiger partial charge in [-0.15, -0.1) is 0 Å². The summed E-state index contributed by atoms with van der Waals surface area (Å²) in [6.45, 7) is 2.76. The number of carbonyl (C=O) groups excluding carboxylic acids is 1. The molecule has 2 N–H and O–H groups in total. The Balaban J connectivity index is 2.62. The first-order chi connectivity index (χ1) is 6.77. The van der Waals surface area contributed by atoms with Gasteiger partial charge in [0.25, 0.3) is 5.91 Å². The molecule has 0 aliphatic carbocycles. The average molecular weight is 192 g/mol. The van der Waals surface area contributed by atoms with Crippen molar-refractivity contribution < 1.29 is 4.79 Å². The first kappa shape index (κ1) is 10.6. The van der Waals surface area contributed by atoms with Gasteiger partial charge in [0, 0.05) is 24.8 Å². The minimum absolute atomic E-state index is 0.00509. The summed E-state index contributed by atoms with van der Waals surface area (Å²) in [5, 5.41) is 5.83. The molecule has 0 aromatic heterocycles. The minimum Gasteiger partial charge on any atom is -0.388 e. The van der Waals surface area contributed by atoms with Crippen molar-refractivity contribution in [2.45, 2.75) is 13.3 Å². The van der Waals surface area contributed by atoms with Crippen molar-refractivity contribution >= 4 is 11.6 Å². The number of rotatable bonds is 4. The fraction of sp³-hybridized carbons (Fsp3) is 0.364. The number of benzene rings is 1. The van der Waals surface area contributed by atoms with Gasteiger partial charge in [-0.25, -0.2) is 0 Å². The largest absolute Gasteiger partial charge is 0.388 e. The van der Waals surface area contributed by atoms with Crippen LogP contribution in [0.25, 0.3) is 0 Å². The average Bonchev–Trinajstić information content (AvgIpc) is 2.26. The Hall–Kier alpha value is -1.51. The molecule has 1 rings (SSSR count). The molecule has 1 aromatic rings. The molecule has 3 nitrogen and oxygen atoms in total. The van der Waals surface area contributed by atoms with E-state index in [1.807, 2.05) is 38.2 Å². The van der Waals surface area contributed by atoms with E-state index in [2.05, 4.69) is 10.6 Å². The number of amides is 1. The van der Waals surface area contributed by atoms with Crippen molar-refractivity contribution in [2.75, 3.05) is 18.9 Å². The lowest BCUT2D eigenvalue weighted by Gasteiger charge is -2.04. The summed E-state index contributed by atoms with van der Waals surface area (Å²) in [5.41, 5.74) is 1.72. The Labute approximate surface area is 84.5 Å². The Kier molecular flexibility index (Phi) is 3.98. The molecule has 0 spiro atoms. The normalized spacial score (nSPS) is 9.57. The van der Waals surface area contributed by atoms with Crippen molar-refractivity contribution in [3.63, 3.8) is 0 Å². The molecule has 0 atom stereocenters. The first-order valence-electron chi connectivity index (χ1n) is 4.84. The molecule has 0 heterocycles. The molecule has 0 saturated carbocycles. The molecular formula is C11H16N2O. The maximum Gasteiger partial charge on any atom is 0.251 e. The number of hydrogen-bond acceptors (Lipinski definition) is 2. The molecule has 0 aliphatic heterocycles. The second-order valence-electron chi connectivity index (χ2n) is 3.08. The SMILES string of the molecule is CCCNC(=O)c1ccc(NC)cc1. The van der Waals surface area contributed by atoms with Gasteiger partial charge >= 0.3 is 0 Å². The topological polar surface area (TPSA) is 41.1 Å². The Morgan fingerprint density at radius 1 is 1.29 bits per heavy atom. The summed E-state index contributed by atoms with van der Waals surface area (Å²) in [6, 6.07) is 7.41. The van der Waals surface area contributed by atoms with E-state index < -0.39 is 0 Å². The zero-order valence-corrected chi connectivity index (χ0v) is 8.63. The van der Waals surface area contributed by atoms with Gasteiger partial charge in [0.1, 0.15) is 0 Å². The maximum atomic E-state index is 11.5. The highest BCUT2D eigenvalue weighted by Gasteiger charge is 2.02. The molecule has 0 bridgehead atoms. The van der Waals surface area contributed by atoms with Gasteiger partial charge in [-0.3, -0.25) is 4.79 Å². The quantitative estimate of drug-likeness (QED) is 0.764. The van der Waals surface area contributed by atoms with Crippen LogP contribution in [0.15, 0.2) is 24.3 Å². The third kappa shape index (κ3) is 2.76. The van der Waals surface area contributed by atoms with Crippen molar-refractivity contribution in [2.24, 2.45) is 0 Å². The second-order valence-corrected chi connectivity index (χ2v) is 3.08. The molecule has 0 aliphatic rings. The minimum atomic E-state index is -0.00509. The standard InChI is InChI=1S/C11H16N2O/c1-3-8-13-11(14)9-4-6-10(12-2)7-5-9/h4-7,12H,3,8H2,1-2H3,(H,13,14). The van der Waals surface area contributed by atoms with Crippen LogP contribution in [0.4, 0.5) is 5.69 Å². The lowest BCUT2D eigenvalue weighted by molar-refractivity contribution is 0.0953. The molecule has 0 radical (unpaired) electrons. The van der Waals surface area contributed by atoms with Crippen LogP contribution in [0, 0.1) is 0 Å². The van der Waals surface area contributed by atoms with E-state index in [9.17, 15) is 4.79 Å².